The normalized spacial score (nSPS) is 10.2. The van der Waals surface area contributed by atoms with Crippen LogP contribution in [0.5, 0.6) is 5.75 Å². The summed E-state index contributed by atoms with van der Waals surface area (Å²) in [6, 6.07) is 11.7. The van der Waals surface area contributed by atoms with Gasteiger partial charge in [0.05, 0.1) is 11.3 Å². The average Bonchev–Trinajstić information content (AvgIpc) is 2.99. The van der Waals surface area contributed by atoms with Gasteiger partial charge in [0, 0.05) is 35.9 Å². The number of pyridine rings is 1. The molecule has 0 atom stereocenters. The number of carboxylic acid groups (broad SMARTS) is 1. The molecule has 23 heavy (non-hydrogen) atoms. The second-order valence-electron chi connectivity index (χ2n) is 4.83. The summed E-state index contributed by atoms with van der Waals surface area (Å²) >= 11 is 0. The molecule has 2 heterocycles. The molecule has 0 amide bonds. The van der Waals surface area contributed by atoms with Gasteiger partial charge >= 0.3 is 5.97 Å². The Hall–Kier alpha value is -3.59. The third-order valence-electron chi connectivity index (χ3n) is 3.40. The SMILES string of the molecule is N#Cc1cn(-c2ccc(C(=O)O)c(O)c2)cc1-c1ccccn1. The molecule has 6 nitrogen and oxygen atoms in total. The monoisotopic (exact) mass is 305 g/mol. The minimum atomic E-state index is -1.20. The van der Waals surface area contributed by atoms with Crippen LogP contribution >= 0.6 is 0 Å². The lowest BCUT2D eigenvalue weighted by Gasteiger charge is -2.05. The first-order valence-electron chi connectivity index (χ1n) is 6.70. The van der Waals surface area contributed by atoms with Gasteiger partial charge in [0.2, 0.25) is 0 Å². The fraction of sp³-hybridized carbons (Fsp3) is 0. The highest BCUT2D eigenvalue weighted by Crippen LogP contribution is 2.27. The zero-order chi connectivity index (χ0) is 16.4. The van der Waals surface area contributed by atoms with Crippen LogP contribution in [0, 0.1) is 11.3 Å². The van der Waals surface area contributed by atoms with E-state index in [4.69, 9.17) is 5.11 Å². The highest BCUT2D eigenvalue weighted by atomic mass is 16.4. The molecule has 112 valence electrons. The molecular formula is C17H11N3O3. The van der Waals surface area contributed by atoms with Crippen LogP contribution < -0.4 is 0 Å². The van der Waals surface area contributed by atoms with Crippen LogP contribution in [0.4, 0.5) is 0 Å². The largest absolute Gasteiger partial charge is 0.507 e. The number of rotatable bonds is 3. The van der Waals surface area contributed by atoms with E-state index in [1.165, 1.54) is 12.1 Å². The lowest BCUT2D eigenvalue weighted by molar-refractivity contribution is 0.0694. The van der Waals surface area contributed by atoms with Crippen molar-refractivity contribution in [3.63, 3.8) is 0 Å². The van der Waals surface area contributed by atoms with Crippen LogP contribution in [0.25, 0.3) is 16.9 Å². The van der Waals surface area contributed by atoms with E-state index in [0.29, 0.717) is 22.5 Å². The summed E-state index contributed by atoms with van der Waals surface area (Å²) in [6.07, 6.45) is 4.97. The summed E-state index contributed by atoms with van der Waals surface area (Å²) in [7, 11) is 0. The van der Waals surface area contributed by atoms with Gasteiger partial charge in [0.15, 0.2) is 0 Å². The molecule has 0 aliphatic carbocycles. The van der Waals surface area contributed by atoms with Crippen molar-refractivity contribution in [1.29, 1.82) is 5.26 Å². The predicted octanol–water partition coefficient (Wildman–Crippen LogP) is 2.81. The second kappa shape index (κ2) is 5.66. The molecule has 0 aliphatic heterocycles. The standard InChI is InChI=1S/C17H11N3O3/c18-8-11-9-20(10-14(11)15-3-1-2-6-19-15)12-4-5-13(17(22)23)16(21)7-12/h1-7,9-10,21H,(H,22,23). The summed E-state index contributed by atoms with van der Waals surface area (Å²) in [5, 5.41) is 28.0. The topological polar surface area (TPSA) is 99.1 Å². The maximum atomic E-state index is 10.9. The highest BCUT2D eigenvalue weighted by molar-refractivity contribution is 5.91. The number of hydrogen-bond donors (Lipinski definition) is 2. The number of benzene rings is 1. The number of nitriles is 1. The molecular weight excluding hydrogens is 294 g/mol. The fourth-order valence-corrected chi connectivity index (χ4v) is 2.28. The molecule has 0 saturated carbocycles. The van der Waals surface area contributed by atoms with E-state index >= 15 is 0 Å². The van der Waals surface area contributed by atoms with Gasteiger partial charge in [-0.3, -0.25) is 4.98 Å². The Labute approximate surface area is 131 Å². The molecule has 1 aromatic carbocycles. The Balaban J connectivity index is 2.09. The molecule has 0 aliphatic rings. The number of nitrogens with zero attached hydrogens (tertiary/aromatic N) is 3. The molecule has 2 N–H and O–H groups in total. The van der Waals surface area contributed by atoms with E-state index in [1.54, 1.807) is 41.4 Å². The lowest BCUT2D eigenvalue weighted by atomic mass is 10.1. The molecule has 0 radical (unpaired) electrons. The summed E-state index contributed by atoms with van der Waals surface area (Å²) in [4.78, 5) is 15.2. The van der Waals surface area contributed by atoms with Crippen molar-refractivity contribution < 1.29 is 15.0 Å². The first-order chi connectivity index (χ1) is 11.1. The third kappa shape index (κ3) is 2.63. The zero-order valence-electron chi connectivity index (χ0n) is 11.8. The quantitative estimate of drug-likeness (QED) is 0.775. The van der Waals surface area contributed by atoms with E-state index in [0.717, 1.165) is 0 Å². The minimum Gasteiger partial charge on any atom is -0.507 e. The molecule has 0 bridgehead atoms. The van der Waals surface area contributed by atoms with Crippen molar-refractivity contribution in [2.45, 2.75) is 0 Å². The Kier molecular flexibility index (Phi) is 3.53. The Morgan fingerprint density at radius 3 is 2.65 bits per heavy atom. The van der Waals surface area contributed by atoms with Crippen LogP contribution in [-0.4, -0.2) is 25.7 Å². The number of aromatic hydroxyl groups is 1. The van der Waals surface area contributed by atoms with Gasteiger partial charge in [-0.15, -0.1) is 0 Å². The van der Waals surface area contributed by atoms with Crippen LogP contribution in [0.3, 0.4) is 0 Å². The van der Waals surface area contributed by atoms with Crippen molar-refractivity contribution in [3.8, 4) is 28.8 Å². The maximum absolute atomic E-state index is 10.9. The van der Waals surface area contributed by atoms with Gasteiger partial charge in [0.25, 0.3) is 0 Å². The number of aromatic carboxylic acids is 1. The van der Waals surface area contributed by atoms with E-state index in [-0.39, 0.29) is 11.3 Å². The molecule has 3 aromatic rings. The van der Waals surface area contributed by atoms with E-state index in [9.17, 15) is 15.2 Å². The molecule has 0 saturated heterocycles. The van der Waals surface area contributed by atoms with Crippen molar-refractivity contribution in [1.82, 2.24) is 9.55 Å². The van der Waals surface area contributed by atoms with Crippen LogP contribution in [0.2, 0.25) is 0 Å². The first-order valence-corrected chi connectivity index (χ1v) is 6.70. The van der Waals surface area contributed by atoms with Crippen molar-refractivity contribution >= 4 is 5.97 Å². The average molecular weight is 305 g/mol. The summed E-state index contributed by atoms with van der Waals surface area (Å²) in [5.74, 6) is -1.53. The Morgan fingerprint density at radius 1 is 1.22 bits per heavy atom. The number of aromatic nitrogens is 2. The Bertz CT molecular complexity index is 924. The number of carboxylic acids is 1. The van der Waals surface area contributed by atoms with Gasteiger partial charge in [-0.1, -0.05) is 6.07 Å². The third-order valence-corrected chi connectivity index (χ3v) is 3.40. The smallest absolute Gasteiger partial charge is 0.339 e. The second-order valence-corrected chi connectivity index (χ2v) is 4.83. The van der Waals surface area contributed by atoms with E-state index in [1.807, 2.05) is 6.07 Å². The lowest BCUT2D eigenvalue weighted by Crippen LogP contribution is -1.98. The maximum Gasteiger partial charge on any atom is 0.339 e. The van der Waals surface area contributed by atoms with Crippen LogP contribution in [-0.2, 0) is 0 Å². The molecule has 0 unspecified atom stereocenters. The number of phenols is 1. The van der Waals surface area contributed by atoms with Crippen LogP contribution in [0.15, 0.2) is 55.0 Å². The minimum absolute atomic E-state index is 0.175. The zero-order valence-corrected chi connectivity index (χ0v) is 11.8. The molecule has 2 aromatic heterocycles. The van der Waals surface area contributed by atoms with Crippen molar-refractivity contribution in [2.75, 3.05) is 0 Å². The molecule has 0 spiro atoms. The number of hydrogen-bond acceptors (Lipinski definition) is 4. The highest BCUT2D eigenvalue weighted by Gasteiger charge is 2.13. The molecule has 3 rings (SSSR count). The molecule has 6 heteroatoms. The summed E-state index contributed by atoms with van der Waals surface area (Å²) in [5.41, 5.74) is 2.13. The van der Waals surface area contributed by atoms with Crippen molar-refractivity contribution in [3.05, 3.63) is 66.1 Å². The Morgan fingerprint density at radius 2 is 2.04 bits per heavy atom. The fourth-order valence-electron chi connectivity index (χ4n) is 2.28. The summed E-state index contributed by atoms with van der Waals surface area (Å²) < 4.78 is 1.65. The van der Waals surface area contributed by atoms with E-state index in [2.05, 4.69) is 11.1 Å². The van der Waals surface area contributed by atoms with Gasteiger partial charge in [0.1, 0.15) is 17.4 Å². The number of carbonyl (C=O) groups is 1. The van der Waals surface area contributed by atoms with Crippen molar-refractivity contribution in [2.24, 2.45) is 0 Å². The van der Waals surface area contributed by atoms with Gasteiger partial charge in [-0.2, -0.15) is 5.26 Å². The first kappa shape index (κ1) is 14.4. The van der Waals surface area contributed by atoms with Gasteiger partial charge in [-0.05, 0) is 24.3 Å². The molecule has 0 fully saturated rings. The predicted molar refractivity (Wildman–Crippen MR) is 82.3 cm³/mol. The van der Waals surface area contributed by atoms with Crippen LogP contribution in [0.1, 0.15) is 15.9 Å². The van der Waals surface area contributed by atoms with Gasteiger partial charge in [-0.25, -0.2) is 4.79 Å². The van der Waals surface area contributed by atoms with E-state index < -0.39 is 5.97 Å². The van der Waals surface area contributed by atoms with Gasteiger partial charge < -0.3 is 14.8 Å². The summed E-state index contributed by atoms with van der Waals surface area (Å²) in [6.45, 7) is 0.